The van der Waals surface area contributed by atoms with Crippen molar-refractivity contribution in [2.24, 2.45) is 5.73 Å². The van der Waals surface area contributed by atoms with E-state index in [2.05, 4.69) is 55.3 Å². The molecule has 158 valence electrons. The molecule has 0 spiro atoms. The van der Waals surface area contributed by atoms with Gasteiger partial charge in [0, 0.05) is 25.1 Å². The molecule has 0 aliphatic heterocycles. The van der Waals surface area contributed by atoms with Crippen LogP contribution in [0.4, 0.5) is 5.69 Å². The van der Waals surface area contributed by atoms with Crippen LogP contribution in [0.25, 0.3) is 0 Å². The van der Waals surface area contributed by atoms with Gasteiger partial charge in [-0.15, -0.1) is 10.2 Å². The Morgan fingerprint density at radius 3 is 2.28 bits per heavy atom. The Balaban J connectivity index is 2.11. The Morgan fingerprint density at radius 1 is 1.14 bits per heavy atom. The molecule has 0 saturated carbocycles. The lowest BCUT2D eigenvalue weighted by Gasteiger charge is -2.20. The highest BCUT2D eigenvalue weighted by Crippen LogP contribution is 2.32. The van der Waals surface area contributed by atoms with Crippen molar-refractivity contribution in [3.8, 4) is 0 Å². The van der Waals surface area contributed by atoms with Gasteiger partial charge in [-0.25, -0.2) is 0 Å². The monoisotopic (exact) mass is 417 g/mol. The van der Waals surface area contributed by atoms with Gasteiger partial charge in [0.25, 0.3) is 0 Å². The molecule has 0 radical (unpaired) electrons. The van der Waals surface area contributed by atoms with Crippen LogP contribution < -0.4 is 11.1 Å². The highest BCUT2D eigenvalue weighted by atomic mass is 32.2. The summed E-state index contributed by atoms with van der Waals surface area (Å²) >= 11 is 1.34. The summed E-state index contributed by atoms with van der Waals surface area (Å²) in [5.74, 6) is 1.13. The fraction of sp³-hybridized carbons (Fsp3) is 0.524. The van der Waals surface area contributed by atoms with E-state index in [4.69, 9.17) is 5.73 Å². The molecule has 0 saturated heterocycles. The Hall–Kier alpha value is -2.35. The second-order valence-corrected chi connectivity index (χ2v) is 8.51. The molecule has 1 aromatic carbocycles. The number of amides is 2. The molecule has 2 amide bonds. The SMILES string of the molecule is CCn1c(CCC(N)=O)nnc1SCC(=O)Nc1c(C(C)C)cccc1C(C)C. The molecule has 29 heavy (non-hydrogen) atoms. The minimum absolute atomic E-state index is 0.0747. The molecule has 2 rings (SSSR count). The third-order valence-electron chi connectivity index (χ3n) is 4.67. The van der Waals surface area contributed by atoms with E-state index in [0.717, 1.165) is 16.8 Å². The van der Waals surface area contributed by atoms with E-state index >= 15 is 0 Å². The van der Waals surface area contributed by atoms with Gasteiger partial charge in [-0.2, -0.15) is 0 Å². The van der Waals surface area contributed by atoms with Crippen LogP contribution in [0.3, 0.4) is 0 Å². The third kappa shape index (κ3) is 6.06. The molecule has 3 N–H and O–H groups in total. The van der Waals surface area contributed by atoms with Crippen LogP contribution in [0.15, 0.2) is 23.4 Å². The van der Waals surface area contributed by atoms with Crippen LogP contribution in [0.2, 0.25) is 0 Å². The predicted molar refractivity (Wildman–Crippen MR) is 117 cm³/mol. The second-order valence-electron chi connectivity index (χ2n) is 7.57. The Labute approximate surface area is 176 Å². The molecule has 0 unspecified atom stereocenters. The minimum atomic E-state index is -0.367. The lowest BCUT2D eigenvalue weighted by molar-refractivity contribution is -0.118. The van der Waals surface area contributed by atoms with Crippen LogP contribution in [0.1, 0.15) is 69.8 Å². The van der Waals surface area contributed by atoms with Gasteiger partial charge in [0.2, 0.25) is 11.8 Å². The van der Waals surface area contributed by atoms with Crippen LogP contribution >= 0.6 is 11.8 Å². The van der Waals surface area contributed by atoms with E-state index < -0.39 is 0 Å². The van der Waals surface area contributed by atoms with Crippen molar-refractivity contribution in [1.29, 1.82) is 0 Å². The van der Waals surface area contributed by atoms with Gasteiger partial charge >= 0.3 is 0 Å². The average Bonchev–Trinajstić information content (AvgIpc) is 3.06. The fourth-order valence-corrected chi connectivity index (χ4v) is 3.99. The second kappa shape index (κ2) is 10.4. The van der Waals surface area contributed by atoms with Crippen molar-refractivity contribution in [2.75, 3.05) is 11.1 Å². The van der Waals surface area contributed by atoms with Crippen LogP contribution in [-0.4, -0.2) is 32.3 Å². The summed E-state index contributed by atoms with van der Waals surface area (Å²) in [5.41, 5.74) is 8.42. The first-order chi connectivity index (χ1) is 13.7. The van der Waals surface area contributed by atoms with Crippen LogP contribution in [-0.2, 0) is 22.6 Å². The zero-order valence-electron chi connectivity index (χ0n) is 17.9. The number of carbonyl (C=O) groups excluding carboxylic acids is 2. The number of hydrogen-bond donors (Lipinski definition) is 2. The number of nitrogens with zero attached hydrogens (tertiary/aromatic N) is 3. The van der Waals surface area contributed by atoms with Gasteiger partial charge in [0.15, 0.2) is 5.16 Å². The summed E-state index contributed by atoms with van der Waals surface area (Å²) in [5, 5.41) is 12.1. The van der Waals surface area contributed by atoms with Gasteiger partial charge in [0.1, 0.15) is 5.82 Å². The number of carbonyl (C=O) groups is 2. The zero-order valence-corrected chi connectivity index (χ0v) is 18.7. The van der Waals surface area contributed by atoms with Crippen molar-refractivity contribution in [3.63, 3.8) is 0 Å². The summed E-state index contributed by atoms with van der Waals surface area (Å²) < 4.78 is 1.92. The first kappa shape index (κ1) is 22.9. The Morgan fingerprint density at radius 2 is 1.76 bits per heavy atom. The number of nitrogens with two attached hydrogens (primary N) is 1. The molecular weight excluding hydrogens is 386 g/mol. The van der Waals surface area contributed by atoms with Crippen molar-refractivity contribution in [3.05, 3.63) is 35.2 Å². The summed E-state index contributed by atoms with van der Waals surface area (Å²) in [6.07, 6.45) is 0.676. The number of primary amides is 1. The number of benzene rings is 1. The number of rotatable bonds is 10. The van der Waals surface area contributed by atoms with Crippen molar-refractivity contribution < 1.29 is 9.59 Å². The molecule has 1 aromatic heterocycles. The van der Waals surface area contributed by atoms with Crippen LogP contribution in [0, 0.1) is 0 Å². The molecule has 0 aliphatic rings. The Bertz CT molecular complexity index is 835. The van der Waals surface area contributed by atoms with Gasteiger partial charge in [-0.05, 0) is 29.9 Å². The average molecular weight is 418 g/mol. The fourth-order valence-electron chi connectivity index (χ4n) is 3.16. The molecule has 0 aliphatic carbocycles. The maximum absolute atomic E-state index is 12.7. The smallest absolute Gasteiger partial charge is 0.234 e. The molecule has 7 nitrogen and oxygen atoms in total. The number of aromatic nitrogens is 3. The first-order valence-electron chi connectivity index (χ1n) is 10.00. The van der Waals surface area contributed by atoms with Gasteiger partial charge in [-0.3, -0.25) is 9.59 Å². The molecule has 0 fully saturated rings. The topological polar surface area (TPSA) is 103 Å². The highest BCUT2D eigenvalue weighted by molar-refractivity contribution is 7.99. The molecule has 8 heteroatoms. The summed E-state index contributed by atoms with van der Waals surface area (Å²) in [4.78, 5) is 23.7. The number of anilines is 1. The standard InChI is InChI=1S/C21H31N5O2S/c1-6-26-18(11-10-17(22)27)24-25-21(26)29-12-19(28)23-20-15(13(2)3)8-7-9-16(20)14(4)5/h7-9,13-14H,6,10-12H2,1-5H3,(H2,22,27)(H,23,28). The van der Waals surface area contributed by atoms with Crippen molar-refractivity contribution in [2.45, 2.75) is 71.0 Å². The number of aryl methyl sites for hydroxylation is 1. The quantitative estimate of drug-likeness (QED) is 0.574. The molecule has 1 heterocycles. The normalized spacial score (nSPS) is 11.3. The van der Waals surface area contributed by atoms with E-state index in [0.29, 0.717) is 35.8 Å². The predicted octanol–water partition coefficient (Wildman–Crippen LogP) is 3.69. The molecule has 0 atom stereocenters. The lowest BCUT2D eigenvalue weighted by Crippen LogP contribution is -2.18. The van der Waals surface area contributed by atoms with Gasteiger partial charge in [0.05, 0.1) is 5.75 Å². The third-order valence-corrected chi connectivity index (χ3v) is 5.64. The number of nitrogens with one attached hydrogen (secondary N) is 1. The molecule has 0 bridgehead atoms. The minimum Gasteiger partial charge on any atom is -0.370 e. The largest absolute Gasteiger partial charge is 0.370 e. The van der Waals surface area contributed by atoms with E-state index in [-0.39, 0.29) is 24.0 Å². The number of para-hydroxylation sites is 1. The van der Waals surface area contributed by atoms with E-state index in [9.17, 15) is 9.59 Å². The number of hydrogen-bond acceptors (Lipinski definition) is 5. The van der Waals surface area contributed by atoms with Crippen molar-refractivity contribution in [1.82, 2.24) is 14.8 Å². The summed E-state index contributed by atoms with van der Waals surface area (Å²) in [7, 11) is 0. The van der Waals surface area contributed by atoms with Gasteiger partial charge < -0.3 is 15.6 Å². The zero-order chi connectivity index (χ0) is 21.6. The summed E-state index contributed by atoms with van der Waals surface area (Å²) in [6.45, 7) is 11.2. The summed E-state index contributed by atoms with van der Waals surface area (Å²) in [6, 6.07) is 6.18. The van der Waals surface area contributed by atoms with E-state index in [1.54, 1.807) is 0 Å². The van der Waals surface area contributed by atoms with E-state index in [1.807, 2.05) is 17.6 Å². The Kier molecular flexibility index (Phi) is 8.25. The molecule has 2 aromatic rings. The molecular formula is C21H31N5O2S. The maximum atomic E-state index is 12.7. The lowest BCUT2D eigenvalue weighted by atomic mass is 9.92. The van der Waals surface area contributed by atoms with Gasteiger partial charge in [-0.1, -0.05) is 57.7 Å². The highest BCUT2D eigenvalue weighted by Gasteiger charge is 2.18. The first-order valence-corrected chi connectivity index (χ1v) is 11.0. The number of thioether (sulfide) groups is 1. The van der Waals surface area contributed by atoms with Crippen molar-refractivity contribution >= 4 is 29.3 Å². The van der Waals surface area contributed by atoms with Crippen LogP contribution in [0.5, 0.6) is 0 Å². The maximum Gasteiger partial charge on any atom is 0.234 e. The van der Waals surface area contributed by atoms with E-state index in [1.165, 1.54) is 11.8 Å².